The first-order valence-electron chi connectivity index (χ1n) is 8.03. The molecule has 0 atom stereocenters. The number of rotatable bonds is 6. The Hall–Kier alpha value is -2.58. The zero-order valence-corrected chi connectivity index (χ0v) is 16.2. The maximum absolute atomic E-state index is 5.66. The molecule has 4 aromatic rings. The minimum atomic E-state index is 0.610. The van der Waals surface area contributed by atoms with Gasteiger partial charge in [-0.25, -0.2) is 9.97 Å². The summed E-state index contributed by atoms with van der Waals surface area (Å²) in [6, 6.07) is 9.73. The molecule has 4 rings (SSSR count). The molecule has 26 heavy (non-hydrogen) atoms. The van der Waals surface area contributed by atoms with Crippen LogP contribution < -0.4 is 19.5 Å². The highest BCUT2D eigenvalue weighted by atomic mass is 32.1. The van der Waals surface area contributed by atoms with Crippen LogP contribution in [0.4, 0.5) is 10.3 Å². The molecule has 0 fully saturated rings. The van der Waals surface area contributed by atoms with E-state index < -0.39 is 0 Å². The molecule has 0 radical (unpaired) electrons. The molecular weight excluding hydrogens is 370 g/mol. The number of methoxy groups -OCH3 is 2. The molecule has 1 N–H and O–H groups in total. The number of hydrogen-bond acceptors (Lipinski definition) is 8. The molecule has 2 aromatic heterocycles. The van der Waals surface area contributed by atoms with Crippen molar-refractivity contribution in [1.29, 1.82) is 0 Å². The van der Waals surface area contributed by atoms with Crippen LogP contribution in [-0.2, 0) is 0 Å². The van der Waals surface area contributed by atoms with Crippen molar-refractivity contribution >= 4 is 53.4 Å². The number of nitrogens with one attached hydrogen (secondary N) is 1. The minimum Gasteiger partial charge on any atom is -0.497 e. The molecule has 0 saturated heterocycles. The Morgan fingerprint density at radius 3 is 2.35 bits per heavy atom. The Balaban J connectivity index is 1.71. The van der Waals surface area contributed by atoms with Crippen molar-refractivity contribution in [2.24, 2.45) is 0 Å². The van der Waals surface area contributed by atoms with Crippen LogP contribution in [0, 0.1) is 0 Å². The molecule has 0 aliphatic rings. The van der Waals surface area contributed by atoms with Crippen LogP contribution >= 0.6 is 22.7 Å². The van der Waals surface area contributed by atoms with Gasteiger partial charge in [0.2, 0.25) is 0 Å². The summed E-state index contributed by atoms with van der Waals surface area (Å²) in [6.07, 6.45) is 0. The fourth-order valence-corrected chi connectivity index (χ4v) is 4.50. The standard InChI is InChI=1S/C18H17N3O3S2/c1-4-24-11-6-5-7-13-15(11)19-17(25-13)21-18-20-16-12(23-3)8-10(22-2)9-14(16)26-18/h5-9H,4H2,1-3H3,(H,19,20,21). The molecule has 0 spiro atoms. The molecular formula is C18H17N3O3S2. The highest BCUT2D eigenvalue weighted by Crippen LogP contribution is 2.39. The molecule has 6 nitrogen and oxygen atoms in total. The van der Waals surface area contributed by atoms with Crippen molar-refractivity contribution in [2.45, 2.75) is 6.92 Å². The lowest BCUT2D eigenvalue weighted by Gasteiger charge is -2.03. The van der Waals surface area contributed by atoms with Gasteiger partial charge >= 0.3 is 0 Å². The van der Waals surface area contributed by atoms with E-state index in [1.807, 2.05) is 37.3 Å². The Morgan fingerprint density at radius 1 is 0.923 bits per heavy atom. The van der Waals surface area contributed by atoms with Gasteiger partial charge in [0.15, 0.2) is 10.3 Å². The first-order valence-corrected chi connectivity index (χ1v) is 9.67. The average molecular weight is 387 g/mol. The van der Waals surface area contributed by atoms with E-state index in [2.05, 4.69) is 15.3 Å². The van der Waals surface area contributed by atoms with Crippen LogP contribution in [0.2, 0.25) is 0 Å². The fraction of sp³-hybridized carbons (Fsp3) is 0.222. The van der Waals surface area contributed by atoms with E-state index in [1.54, 1.807) is 25.6 Å². The summed E-state index contributed by atoms with van der Waals surface area (Å²) in [4.78, 5) is 9.31. The van der Waals surface area contributed by atoms with Crippen LogP contribution in [0.5, 0.6) is 17.2 Å². The lowest BCUT2D eigenvalue weighted by molar-refractivity contribution is 0.344. The normalized spacial score (nSPS) is 11.0. The van der Waals surface area contributed by atoms with Gasteiger partial charge in [0.1, 0.15) is 28.3 Å². The highest BCUT2D eigenvalue weighted by molar-refractivity contribution is 7.24. The van der Waals surface area contributed by atoms with E-state index in [0.717, 1.165) is 42.2 Å². The third kappa shape index (κ3) is 3.02. The van der Waals surface area contributed by atoms with Crippen molar-refractivity contribution in [1.82, 2.24) is 9.97 Å². The first kappa shape index (κ1) is 16.9. The van der Waals surface area contributed by atoms with Crippen LogP contribution in [0.3, 0.4) is 0 Å². The average Bonchev–Trinajstić information content (AvgIpc) is 3.24. The largest absolute Gasteiger partial charge is 0.497 e. The maximum Gasteiger partial charge on any atom is 0.190 e. The van der Waals surface area contributed by atoms with Crippen LogP contribution in [0.1, 0.15) is 6.92 Å². The fourth-order valence-electron chi connectivity index (χ4n) is 2.64. The molecule has 8 heteroatoms. The summed E-state index contributed by atoms with van der Waals surface area (Å²) >= 11 is 3.10. The van der Waals surface area contributed by atoms with Gasteiger partial charge in [-0.05, 0) is 25.1 Å². The van der Waals surface area contributed by atoms with Gasteiger partial charge in [-0.15, -0.1) is 0 Å². The van der Waals surface area contributed by atoms with E-state index in [0.29, 0.717) is 12.4 Å². The number of nitrogens with zero attached hydrogens (tertiary/aromatic N) is 2. The second-order valence-corrected chi connectivity index (χ2v) is 7.44. The van der Waals surface area contributed by atoms with Crippen LogP contribution in [-0.4, -0.2) is 30.8 Å². The molecule has 0 aliphatic heterocycles. The van der Waals surface area contributed by atoms with Crippen LogP contribution in [0.25, 0.3) is 20.4 Å². The second-order valence-electron chi connectivity index (χ2n) is 5.38. The Kier molecular flexibility index (Phi) is 4.52. The predicted octanol–water partition coefficient (Wildman–Crippen LogP) is 5.07. The molecule has 2 heterocycles. The maximum atomic E-state index is 5.66. The molecule has 0 saturated carbocycles. The van der Waals surface area contributed by atoms with Gasteiger partial charge in [0.25, 0.3) is 0 Å². The molecule has 134 valence electrons. The lowest BCUT2D eigenvalue weighted by atomic mass is 10.3. The van der Waals surface area contributed by atoms with Gasteiger partial charge < -0.3 is 19.5 Å². The summed E-state index contributed by atoms with van der Waals surface area (Å²) in [5, 5.41) is 4.83. The molecule has 0 unspecified atom stereocenters. The third-order valence-electron chi connectivity index (χ3n) is 3.78. The Labute approximate surface area is 158 Å². The molecule has 0 amide bonds. The summed E-state index contributed by atoms with van der Waals surface area (Å²) < 4.78 is 18.5. The van der Waals surface area contributed by atoms with Gasteiger partial charge in [-0.3, -0.25) is 0 Å². The summed E-state index contributed by atoms with van der Waals surface area (Å²) in [7, 11) is 3.27. The quantitative estimate of drug-likeness (QED) is 0.498. The first-order chi connectivity index (χ1) is 12.7. The third-order valence-corrected chi connectivity index (χ3v) is 5.64. The van der Waals surface area contributed by atoms with Gasteiger partial charge in [-0.2, -0.15) is 0 Å². The van der Waals surface area contributed by atoms with Crippen molar-refractivity contribution in [2.75, 3.05) is 26.1 Å². The highest BCUT2D eigenvalue weighted by Gasteiger charge is 2.14. The second kappa shape index (κ2) is 6.97. The number of thiazole rings is 2. The number of anilines is 2. The smallest absolute Gasteiger partial charge is 0.190 e. The van der Waals surface area contributed by atoms with Gasteiger partial charge in [0, 0.05) is 6.07 Å². The minimum absolute atomic E-state index is 0.610. The van der Waals surface area contributed by atoms with E-state index in [-0.39, 0.29) is 0 Å². The zero-order valence-electron chi connectivity index (χ0n) is 14.5. The number of hydrogen-bond donors (Lipinski definition) is 1. The van der Waals surface area contributed by atoms with Crippen molar-refractivity contribution in [3.05, 3.63) is 30.3 Å². The monoisotopic (exact) mass is 387 g/mol. The van der Waals surface area contributed by atoms with E-state index >= 15 is 0 Å². The summed E-state index contributed by atoms with van der Waals surface area (Å²) in [6.45, 7) is 2.58. The molecule has 0 bridgehead atoms. The topological polar surface area (TPSA) is 65.5 Å². The van der Waals surface area contributed by atoms with Crippen molar-refractivity contribution in [3.63, 3.8) is 0 Å². The molecule has 0 aliphatic carbocycles. The number of fused-ring (bicyclic) bond motifs is 2. The molecule has 2 aromatic carbocycles. The number of benzene rings is 2. The van der Waals surface area contributed by atoms with Crippen molar-refractivity contribution < 1.29 is 14.2 Å². The van der Waals surface area contributed by atoms with E-state index in [9.17, 15) is 0 Å². The number of ether oxygens (including phenoxy) is 3. The predicted molar refractivity (Wildman–Crippen MR) is 107 cm³/mol. The zero-order chi connectivity index (χ0) is 18.1. The van der Waals surface area contributed by atoms with E-state index in [4.69, 9.17) is 14.2 Å². The summed E-state index contributed by atoms with van der Waals surface area (Å²) in [5.74, 6) is 2.22. The SMILES string of the molecule is CCOc1cccc2sc(Nc3nc4c(OC)cc(OC)cc4s3)nc12. The Morgan fingerprint density at radius 2 is 1.65 bits per heavy atom. The number of para-hydroxylation sites is 1. The van der Waals surface area contributed by atoms with Crippen LogP contribution in [0.15, 0.2) is 30.3 Å². The lowest BCUT2D eigenvalue weighted by Crippen LogP contribution is -1.92. The van der Waals surface area contributed by atoms with E-state index in [1.165, 1.54) is 11.3 Å². The van der Waals surface area contributed by atoms with Gasteiger partial charge in [0.05, 0.1) is 30.2 Å². The van der Waals surface area contributed by atoms with Gasteiger partial charge in [-0.1, -0.05) is 28.7 Å². The number of aromatic nitrogens is 2. The van der Waals surface area contributed by atoms with Crippen molar-refractivity contribution in [3.8, 4) is 17.2 Å². The summed E-state index contributed by atoms with van der Waals surface area (Å²) in [5.41, 5.74) is 1.67. The Bertz CT molecular complexity index is 1070.